The molecule has 1 aliphatic rings. The lowest BCUT2D eigenvalue weighted by molar-refractivity contribution is -0.126. The van der Waals surface area contributed by atoms with Gasteiger partial charge in [0.2, 0.25) is 15.9 Å². The second-order valence-corrected chi connectivity index (χ2v) is 6.67. The van der Waals surface area contributed by atoms with Crippen LogP contribution in [0.25, 0.3) is 0 Å². The third-order valence-electron chi connectivity index (χ3n) is 3.05. The van der Waals surface area contributed by atoms with Crippen molar-refractivity contribution in [2.75, 3.05) is 33.1 Å². The first kappa shape index (κ1) is 16.4. The van der Waals surface area contributed by atoms with Gasteiger partial charge in [0.25, 0.3) is 0 Å². The highest BCUT2D eigenvalue weighted by atomic mass is 32.2. The van der Waals surface area contributed by atoms with Gasteiger partial charge >= 0.3 is 0 Å². The average Bonchev–Trinajstić information content (AvgIpc) is 2.35. The summed E-state index contributed by atoms with van der Waals surface area (Å²) in [6.07, 6.45) is 2.43. The summed E-state index contributed by atoms with van der Waals surface area (Å²) in [5, 5.41) is 12.0. The van der Waals surface area contributed by atoms with Crippen molar-refractivity contribution in [1.82, 2.24) is 9.62 Å². The lowest BCUT2D eigenvalue weighted by atomic mass is 10.0. The highest BCUT2D eigenvalue weighted by Gasteiger charge is 2.34. The van der Waals surface area contributed by atoms with E-state index in [9.17, 15) is 18.3 Å². The summed E-state index contributed by atoms with van der Waals surface area (Å²) in [4.78, 5) is 12.0. The van der Waals surface area contributed by atoms with E-state index >= 15 is 0 Å². The molecule has 1 aliphatic heterocycles. The van der Waals surface area contributed by atoms with Crippen molar-refractivity contribution in [1.29, 1.82) is 0 Å². The van der Waals surface area contributed by atoms with Gasteiger partial charge in [-0.25, -0.2) is 8.42 Å². The maximum Gasteiger partial charge on any atom is 0.238 e. The first-order valence-corrected chi connectivity index (χ1v) is 8.12. The first-order chi connectivity index (χ1) is 8.86. The van der Waals surface area contributed by atoms with E-state index in [0.29, 0.717) is 13.0 Å². The molecule has 1 amide bonds. The Labute approximate surface area is 114 Å². The van der Waals surface area contributed by atoms with Crippen LogP contribution < -0.4 is 5.32 Å². The first-order valence-electron chi connectivity index (χ1n) is 6.27. The van der Waals surface area contributed by atoms with E-state index in [4.69, 9.17) is 4.74 Å². The van der Waals surface area contributed by atoms with Crippen molar-refractivity contribution >= 4 is 15.9 Å². The molecule has 2 atom stereocenters. The van der Waals surface area contributed by atoms with Crippen molar-refractivity contribution in [2.45, 2.75) is 31.4 Å². The summed E-state index contributed by atoms with van der Waals surface area (Å²) in [6, 6.07) is -0.668. The molecule has 0 radical (unpaired) electrons. The molecule has 7 nitrogen and oxygen atoms in total. The maximum absolute atomic E-state index is 12.0. The van der Waals surface area contributed by atoms with E-state index in [1.807, 2.05) is 0 Å². The molecule has 0 aromatic carbocycles. The summed E-state index contributed by atoms with van der Waals surface area (Å²) in [5.74, 6) is -0.361. The maximum atomic E-state index is 12.0. The summed E-state index contributed by atoms with van der Waals surface area (Å²) >= 11 is 0. The third kappa shape index (κ3) is 5.06. The van der Waals surface area contributed by atoms with Gasteiger partial charge in [-0.3, -0.25) is 4.79 Å². The zero-order valence-electron chi connectivity index (χ0n) is 11.3. The van der Waals surface area contributed by atoms with E-state index in [-0.39, 0.29) is 19.1 Å². The van der Waals surface area contributed by atoms with Crippen molar-refractivity contribution < 1.29 is 23.1 Å². The molecule has 0 bridgehead atoms. The van der Waals surface area contributed by atoms with Crippen LogP contribution in [0.15, 0.2) is 0 Å². The SMILES string of the molecule is COCC(O)CNC(=O)C1CCCCN1S(C)(=O)=O. The van der Waals surface area contributed by atoms with Gasteiger partial charge < -0.3 is 15.2 Å². The molecule has 1 saturated heterocycles. The van der Waals surface area contributed by atoms with Crippen LogP contribution in [0.3, 0.4) is 0 Å². The second-order valence-electron chi connectivity index (χ2n) is 4.74. The molecule has 0 aromatic rings. The molecular weight excluding hydrogens is 272 g/mol. The number of carbonyl (C=O) groups excluding carboxylic acids is 1. The number of aliphatic hydroxyl groups is 1. The number of nitrogens with zero attached hydrogens (tertiary/aromatic N) is 1. The van der Waals surface area contributed by atoms with Gasteiger partial charge in [-0.2, -0.15) is 4.31 Å². The van der Waals surface area contributed by atoms with Gasteiger partial charge in [0.1, 0.15) is 6.04 Å². The van der Waals surface area contributed by atoms with E-state index in [0.717, 1.165) is 19.1 Å². The fraction of sp³-hybridized carbons (Fsp3) is 0.909. The third-order valence-corrected chi connectivity index (χ3v) is 4.34. The van der Waals surface area contributed by atoms with Crippen LogP contribution in [0, 0.1) is 0 Å². The zero-order valence-corrected chi connectivity index (χ0v) is 12.1. The molecule has 0 aliphatic carbocycles. The molecule has 1 rings (SSSR count). The lowest BCUT2D eigenvalue weighted by Crippen LogP contribution is -2.52. The summed E-state index contributed by atoms with van der Waals surface area (Å²) < 4.78 is 29.2. The number of piperidine rings is 1. The minimum absolute atomic E-state index is 0.0563. The normalized spacial score (nSPS) is 23.0. The molecule has 0 saturated carbocycles. The Hall–Kier alpha value is -0.700. The number of hydrogen-bond acceptors (Lipinski definition) is 5. The summed E-state index contributed by atoms with van der Waals surface area (Å²) in [6.45, 7) is 0.555. The lowest BCUT2D eigenvalue weighted by Gasteiger charge is -2.32. The van der Waals surface area contributed by atoms with Crippen LogP contribution in [-0.4, -0.2) is 68.9 Å². The zero-order chi connectivity index (χ0) is 14.5. The quantitative estimate of drug-likeness (QED) is 0.650. The van der Waals surface area contributed by atoms with E-state index in [1.165, 1.54) is 11.4 Å². The molecule has 1 heterocycles. The average molecular weight is 294 g/mol. The Morgan fingerprint density at radius 1 is 1.53 bits per heavy atom. The number of rotatable bonds is 6. The minimum Gasteiger partial charge on any atom is -0.389 e. The molecule has 19 heavy (non-hydrogen) atoms. The monoisotopic (exact) mass is 294 g/mol. The highest BCUT2D eigenvalue weighted by molar-refractivity contribution is 7.88. The Morgan fingerprint density at radius 3 is 2.79 bits per heavy atom. The van der Waals surface area contributed by atoms with E-state index in [2.05, 4.69) is 5.32 Å². The largest absolute Gasteiger partial charge is 0.389 e. The van der Waals surface area contributed by atoms with Crippen LogP contribution in [0.2, 0.25) is 0 Å². The van der Waals surface area contributed by atoms with Gasteiger partial charge in [0.05, 0.1) is 19.0 Å². The van der Waals surface area contributed by atoms with Gasteiger partial charge in [-0.1, -0.05) is 6.42 Å². The Kier molecular flexibility index (Phi) is 6.18. The van der Waals surface area contributed by atoms with Crippen LogP contribution >= 0.6 is 0 Å². The van der Waals surface area contributed by atoms with Gasteiger partial charge in [-0.05, 0) is 12.8 Å². The fourth-order valence-electron chi connectivity index (χ4n) is 2.15. The number of ether oxygens (including phenoxy) is 1. The fourth-order valence-corrected chi connectivity index (χ4v) is 3.28. The number of aliphatic hydroxyl groups excluding tert-OH is 1. The van der Waals surface area contributed by atoms with E-state index in [1.54, 1.807) is 0 Å². The number of methoxy groups -OCH3 is 1. The number of hydrogen-bond donors (Lipinski definition) is 2. The van der Waals surface area contributed by atoms with E-state index < -0.39 is 22.2 Å². The minimum atomic E-state index is -3.38. The van der Waals surface area contributed by atoms with Gasteiger partial charge in [0.15, 0.2) is 0 Å². The van der Waals surface area contributed by atoms with Crippen LogP contribution in [0.1, 0.15) is 19.3 Å². The molecule has 0 spiro atoms. The summed E-state index contributed by atoms with van der Waals surface area (Å²) in [5.41, 5.74) is 0. The van der Waals surface area contributed by atoms with Crippen molar-refractivity contribution in [2.24, 2.45) is 0 Å². The molecule has 0 aromatic heterocycles. The number of nitrogens with one attached hydrogen (secondary N) is 1. The molecule has 8 heteroatoms. The Morgan fingerprint density at radius 2 is 2.21 bits per heavy atom. The topological polar surface area (TPSA) is 95.9 Å². The Bertz CT molecular complexity index is 398. The Balaban J connectivity index is 2.58. The van der Waals surface area contributed by atoms with Gasteiger partial charge in [-0.15, -0.1) is 0 Å². The van der Waals surface area contributed by atoms with Gasteiger partial charge in [0, 0.05) is 20.2 Å². The van der Waals surface area contributed by atoms with Crippen molar-refractivity contribution in [3.63, 3.8) is 0 Å². The molecule has 2 unspecified atom stereocenters. The standard InChI is InChI=1S/C11H22N2O5S/c1-18-8-9(14)7-12-11(15)10-5-3-4-6-13(10)19(2,16)17/h9-10,14H,3-8H2,1-2H3,(H,12,15). The number of sulfonamides is 1. The summed E-state index contributed by atoms with van der Waals surface area (Å²) in [7, 11) is -1.93. The molecular formula is C11H22N2O5S. The predicted molar refractivity (Wildman–Crippen MR) is 70.1 cm³/mol. The smallest absolute Gasteiger partial charge is 0.238 e. The number of carbonyl (C=O) groups is 1. The molecule has 112 valence electrons. The highest BCUT2D eigenvalue weighted by Crippen LogP contribution is 2.19. The number of amides is 1. The molecule has 1 fully saturated rings. The van der Waals surface area contributed by atoms with Crippen LogP contribution in [-0.2, 0) is 19.6 Å². The van der Waals surface area contributed by atoms with Crippen molar-refractivity contribution in [3.8, 4) is 0 Å². The van der Waals surface area contributed by atoms with Crippen molar-refractivity contribution in [3.05, 3.63) is 0 Å². The molecule has 2 N–H and O–H groups in total. The van der Waals surface area contributed by atoms with Crippen LogP contribution in [0.4, 0.5) is 0 Å². The predicted octanol–water partition coefficient (Wildman–Crippen LogP) is -1.08. The van der Waals surface area contributed by atoms with Crippen LogP contribution in [0.5, 0.6) is 0 Å². The second kappa shape index (κ2) is 7.18.